The maximum atomic E-state index is 11.5. The summed E-state index contributed by atoms with van der Waals surface area (Å²) < 4.78 is 25.7. The second-order valence-electron chi connectivity index (χ2n) is 4.35. The molecule has 0 spiro atoms. The van der Waals surface area contributed by atoms with Crippen molar-refractivity contribution in [3.63, 3.8) is 0 Å². The largest absolute Gasteiger partial charge is 0.212 e. The summed E-state index contributed by atoms with van der Waals surface area (Å²) in [4.78, 5) is 0. The molecule has 1 atom stereocenters. The maximum absolute atomic E-state index is 11.5. The lowest BCUT2D eigenvalue weighted by molar-refractivity contribution is 0.568. The molecule has 0 saturated carbocycles. The van der Waals surface area contributed by atoms with Crippen molar-refractivity contribution in [2.45, 2.75) is 19.9 Å². The average Bonchev–Trinajstić information content (AvgIpc) is 2.37. The molecule has 0 bridgehead atoms. The van der Waals surface area contributed by atoms with Crippen LogP contribution in [0.4, 0.5) is 0 Å². The van der Waals surface area contributed by atoms with E-state index in [1.54, 1.807) is 6.92 Å². The highest BCUT2D eigenvalue weighted by Crippen LogP contribution is 2.20. The molecule has 0 saturated heterocycles. The molecule has 0 heterocycles. The quantitative estimate of drug-likeness (QED) is 0.922. The van der Waals surface area contributed by atoms with E-state index in [2.05, 4.69) is 4.72 Å². The third kappa shape index (κ3) is 2.89. The predicted molar refractivity (Wildman–Crippen MR) is 75.0 cm³/mol. The monoisotopic (exact) mass is 263 g/mol. The zero-order valence-electron chi connectivity index (χ0n) is 10.6. The van der Waals surface area contributed by atoms with Crippen LogP contribution >= 0.6 is 0 Å². The van der Waals surface area contributed by atoms with Crippen LogP contribution in [0.15, 0.2) is 42.5 Å². The van der Waals surface area contributed by atoms with Gasteiger partial charge in [-0.3, -0.25) is 0 Å². The molecule has 96 valence electrons. The molecule has 0 aliphatic rings. The molecule has 4 heteroatoms. The van der Waals surface area contributed by atoms with Crippen LogP contribution < -0.4 is 4.72 Å². The SMILES string of the molecule is CCS(=O)(=O)N[C@H](C)c1ccc2ccccc2c1. The van der Waals surface area contributed by atoms with Crippen molar-refractivity contribution in [3.8, 4) is 0 Å². The summed E-state index contributed by atoms with van der Waals surface area (Å²) in [5.74, 6) is 0.102. The van der Waals surface area contributed by atoms with Crippen LogP contribution in [0.1, 0.15) is 25.5 Å². The van der Waals surface area contributed by atoms with Crippen molar-refractivity contribution >= 4 is 20.8 Å². The molecule has 0 fully saturated rings. The first kappa shape index (κ1) is 13.1. The third-order valence-corrected chi connectivity index (χ3v) is 4.48. The Kier molecular flexibility index (Phi) is 3.68. The summed E-state index contributed by atoms with van der Waals surface area (Å²) in [6, 6.07) is 13.8. The number of rotatable bonds is 4. The van der Waals surface area contributed by atoms with Crippen LogP contribution in [0, 0.1) is 0 Å². The highest BCUT2D eigenvalue weighted by Gasteiger charge is 2.13. The molecule has 0 aliphatic heterocycles. The zero-order chi connectivity index (χ0) is 13.2. The predicted octanol–water partition coefficient (Wildman–Crippen LogP) is 2.84. The topological polar surface area (TPSA) is 46.2 Å². The van der Waals surface area contributed by atoms with Crippen LogP contribution in [0.25, 0.3) is 10.8 Å². The summed E-state index contributed by atoms with van der Waals surface area (Å²) in [7, 11) is -3.17. The van der Waals surface area contributed by atoms with Gasteiger partial charge in [0.25, 0.3) is 0 Å². The van der Waals surface area contributed by atoms with Gasteiger partial charge in [0, 0.05) is 6.04 Å². The number of nitrogens with one attached hydrogen (secondary N) is 1. The van der Waals surface area contributed by atoms with Crippen LogP contribution in [-0.2, 0) is 10.0 Å². The number of benzene rings is 2. The molecule has 0 radical (unpaired) electrons. The number of hydrogen-bond donors (Lipinski definition) is 1. The zero-order valence-corrected chi connectivity index (χ0v) is 11.4. The van der Waals surface area contributed by atoms with Crippen molar-refractivity contribution < 1.29 is 8.42 Å². The third-order valence-electron chi connectivity index (χ3n) is 3.01. The Morgan fingerprint density at radius 1 is 1.11 bits per heavy atom. The fourth-order valence-electron chi connectivity index (χ4n) is 1.90. The normalized spacial score (nSPS) is 13.7. The summed E-state index contributed by atoms with van der Waals surface area (Å²) in [6.07, 6.45) is 0. The van der Waals surface area contributed by atoms with E-state index >= 15 is 0 Å². The average molecular weight is 263 g/mol. The van der Waals surface area contributed by atoms with Gasteiger partial charge in [0.05, 0.1) is 5.75 Å². The minimum absolute atomic E-state index is 0.102. The molecule has 2 aromatic rings. The van der Waals surface area contributed by atoms with E-state index in [0.29, 0.717) is 0 Å². The Morgan fingerprint density at radius 3 is 2.44 bits per heavy atom. The van der Waals surface area contributed by atoms with E-state index in [1.165, 1.54) is 0 Å². The molecule has 2 aromatic carbocycles. The summed E-state index contributed by atoms with van der Waals surface area (Å²) in [5.41, 5.74) is 0.978. The van der Waals surface area contributed by atoms with E-state index in [-0.39, 0.29) is 11.8 Å². The molecule has 3 nitrogen and oxygen atoms in total. The van der Waals surface area contributed by atoms with Crippen molar-refractivity contribution in [1.29, 1.82) is 0 Å². The molecular formula is C14H17NO2S. The highest BCUT2D eigenvalue weighted by molar-refractivity contribution is 7.89. The van der Waals surface area contributed by atoms with Gasteiger partial charge >= 0.3 is 0 Å². The Morgan fingerprint density at radius 2 is 1.78 bits per heavy atom. The van der Waals surface area contributed by atoms with E-state index in [0.717, 1.165) is 16.3 Å². The maximum Gasteiger partial charge on any atom is 0.211 e. The Labute approximate surface area is 108 Å². The van der Waals surface area contributed by atoms with Crippen molar-refractivity contribution in [3.05, 3.63) is 48.0 Å². The van der Waals surface area contributed by atoms with Crippen LogP contribution in [0.3, 0.4) is 0 Å². The van der Waals surface area contributed by atoms with E-state index in [4.69, 9.17) is 0 Å². The summed E-state index contributed by atoms with van der Waals surface area (Å²) in [5, 5.41) is 2.28. The summed E-state index contributed by atoms with van der Waals surface area (Å²) in [6.45, 7) is 3.49. The molecule has 0 amide bonds. The van der Waals surface area contributed by atoms with Crippen LogP contribution in [0.2, 0.25) is 0 Å². The second-order valence-corrected chi connectivity index (χ2v) is 6.39. The molecule has 18 heavy (non-hydrogen) atoms. The Hall–Kier alpha value is -1.39. The lowest BCUT2D eigenvalue weighted by atomic mass is 10.0. The van der Waals surface area contributed by atoms with Gasteiger partial charge in [-0.05, 0) is 36.2 Å². The van der Waals surface area contributed by atoms with E-state index < -0.39 is 10.0 Å². The van der Waals surface area contributed by atoms with Gasteiger partial charge in [-0.15, -0.1) is 0 Å². The minimum Gasteiger partial charge on any atom is -0.212 e. The number of fused-ring (bicyclic) bond motifs is 1. The van der Waals surface area contributed by atoms with E-state index in [1.807, 2.05) is 49.4 Å². The highest BCUT2D eigenvalue weighted by atomic mass is 32.2. The van der Waals surface area contributed by atoms with Gasteiger partial charge in [0.2, 0.25) is 10.0 Å². The van der Waals surface area contributed by atoms with Crippen LogP contribution in [0.5, 0.6) is 0 Å². The first-order valence-electron chi connectivity index (χ1n) is 6.00. The minimum atomic E-state index is -3.17. The molecule has 2 rings (SSSR count). The number of sulfonamides is 1. The first-order chi connectivity index (χ1) is 8.52. The standard InChI is InChI=1S/C14H17NO2S/c1-3-18(16,17)15-11(2)13-9-8-12-6-4-5-7-14(12)10-13/h4-11,15H,3H2,1-2H3/t11-/m1/s1. The molecular weight excluding hydrogens is 246 g/mol. The van der Waals surface area contributed by atoms with Gasteiger partial charge in [-0.2, -0.15) is 0 Å². The molecule has 0 unspecified atom stereocenters. The molecule has 1 N–H and O–H groups in total. The first-order valence-corrected chi connectivity index (χ1v) is 7.66. The Bertz CT molecular complexity index is 650. The Balaban J connectivity index is 2.31. The fourth-order valence-corrected chi connectivity index (χ4v) is 2.74. The molecule has 0 aliphatic carbocycles. The van der Waals surface area contributed by atoms with Gasteiger partial charge in [-0.25, -0.2) is 13.1 Å². The second kappa shape index (κ2) is 5.08. The van der Waals surface area contributed by atoms with Crippen molar-refractivity contribution in [1.82, 2.24) is 4.72 Å². The van der Waals surface area contributed by atoms with E-state index in [9.17, 15) is 8.42 Å². The smallest absolute Gasteiger partial charge is 0.211 e. The van der Waals surface area contributed by atoms with Gasteiger partial charge in [-0.1, -0.05) is 36.4 Å². The van der Waals surface area contributed by atoms with Gasteiger partial charge in [0.15, 0.2) is 0 Å². The van der Waals surface area contributed by atoms with Crippen molar-refractivity contribution in [2.75, 3.05) is 5.75 Å². The lowest BCUT2D eigenvalue weighted by Gasteiger charge is -2.14. The molecule has 0 aromatic heterocycles. The lowest BCUT2D eigenvalue weighted by Crippen LogP contribution is -2.28. The number of hydrogen-bond acceptors (Lipinski definition) is 2. The summed E-state index contributed by atoms with van der Waals surface area (Å²) >= 11 is 0. The van der Waals surface area contributed by atoms with Crippen LogP contribution in [-0.4, -0.2) is 14.2 Å². The van der Waals surface area contributed by atoms with Gasteiger partial charge in [0.1, 0.15) is 0 Å². The van der Waals surface area contributed by atoms with Gasteiger partial charge < -0.3 is 0 Å². The van der Waals surface area contributed by atoms with Crippen molar-refractivity contribution in [2.24, 2.45) is 0 Å². The fraction of sp³-hybridized carbons (Fsp3) is 0.286.